The number of nitrogens with zero attached hydrogens (tertiary/aromatic N) is 4. The van der Waals surface area contributed by atoms with E-state index in [1.807, 2.05) is 60.7 Å². The zero-order valence-electron chi connectivity index (χ0n) is 14.5. The highest BCUT2D eigenvalue weighted by Gasteiger charge is 2.14. The van der Waals surface area contributed by atoms with Crippen molar-refractivity contribution < 1.29 is 5.11 Å². The van der Waals surface area contributed by atoms with Crippen LogP contribution >= 0.6 is 23.1 Å². The van der Waals surface area contributed by atoms with E-state index in [9.17, 15) is 10.4 Å². The Kier molecular flexibility index (Phi) is 5.23. The third-order valence-electron chi connectivity index (χ3n) is 3.79. The van der Waals surface area contributed by atoms with Crippen molar-refractivity contribution in [1.29, 1.82) is 5.26 Å². The van der Waals surface area contributed by atoms with Crippen LogP contribution in [0.1, 0.15) is 5.82 Å². The largest absolute Gasteiger partial charge is 0.510 e. The van der Waals surface area contributed by atoms with Gasteiger partial charge in [-0.25, -0.2) is 4.98 Å². The molecule has 4 aromatic rings. The van der Waals surface area contributed by atoms with Crippen molar-refractivity contribution in [2.75, 3.05) is 11.1 Å². The minimum atomic E-state index is -0.0562. The summed E-state index contributed by atoms with van der Waals surface area (Å²) < 4.78 is 0.687. The molecule has 9 heteroatoms. The first-order chi connectivity index (χ1) is 13.7. The van der Waals surface area contributed by atoms with E-state index < -0.39 is 0 Å². The second-order valence-electron chi connectivity index (χ2n) is 5.69. The van der Waals surface area contributed by atoms with Crippen molar-refractivity contribution in [3.63, 3.8) is 0 Å². The summed E-state index contributed by atoms with van der Waals surface area (Å²) in [6.07, 6.45) is 0. The highest BCUT2D eigenvalue weighted by molar-refractivity contribution is 8.01. The fourth-order valence-electron chi connectivity index (χ4n) is 2.49. The third kappa shape index (κ3) is 3.98. The number of aromatic amines is 1. The van der Waals surface area contributed by atoms with Crippen molar-refractivity contribution in [3.05, 3.63) is 66.2 Å². The molecular formula is C19H14N6OS2. The number of H-pyrrole nitrogens is 1. The number of aliphatic hydroxyl groups excluding tert-OH is 1. The lowest BCUT2D eigenvalue weighted by Crippen LogP contribution is -1.95. The molecule has 0 saturated heterocycles. The van der Waals surface area contributed by atoms with Gasteiger partial charge in [0.2, 0.25) is 5.13 Å². The Hall–Kier alpha value is -3.35. The van der Waals surface area contributed by atoms with Crippen LogP contribution < -0.4 is 5.32 Å². The minimum absolute atomic E-state index is 0.0562. The minimum Gasteiger partial charge on any atom is -0.510 e. The van der Waals surface area contributed by atoms with E-state index in [2.05, 4.69) is 25.5 Å². The van der Waals surface area contributed by atoms with Crippen LogP contribution in [0.2, 0.25) is 0 Å². The number of nitriles is 1. The molecule has 28 heavy (non-hydrogen) atoms. The van der Waals surface area contributed by atoms with Gasteiger partial charge in [0.25, 0.3) is 0 Å². The smallest absolute Gasteiger partial charge is 0.210 e. The van der Waals surface area contributed by atoms with Crippen molar-refractivity contribution in [2.45, 2.75) is 4.34 Å². The number of hydrogen-bond acceptors (Lipinski definition) is 8. The van der Waals surface area contributed by atoms with Gasteiger partial charge in [-0.3, -0.25) is 0 Å². The highest BCUT2D eigenvalue weighted by Crippen LogP contribution is 2.30. The van der Waals surface area contributed by atoms with Gasteiger partial charge in [0.15, 0.2) is 10.2 Å². The molecule has 0 radical (unpaired) electrons. The average molecular weight is 406 g/mol. The number of anilines is 2. The Balaban J connectivity index is 1.46. The molecule has 0 amide bonds. The summed E-state index contributed by atoms with van der Waals surface area (Å²) in [5.74, 6) is 0.490. The van der Waals surface area contributed by atoms with Crippen molar-refractivity contribution in [1.82, 2.24) is 20.2 Å². The molecule has 0 fully saturated rings. The SMILES string of the molecule is N#CC(=C(O)CSc1nnc(Nc2ccccc2)s1)c1nc2ccccc2[nH]1. The van der Waals surface area contributed by atoms with Crippen LogP contribution in [0.15, 0.2) is 64.7 Å². The molecule has 4 rings (SSSR count). The number of nitrogens with one attached hydrogen (secondary N) is 2. The number of rotatable bonds is 6. The van der Waals surface area contributed by atoms with Crippen LogP contribution in [0.4, 0.5) is 10.8 Å². The zero-order chi connectivity index (χ0) is 19.3. The normalized spacial score (nSPS) is 11.8. The van der Waals surface area contributed by atoms with E-state index in [-0.39, 0.29) is 17.1 Å². The summed E-state index contributed by atoms with van der Waals surface area (Å²) in [7, 11) is 0. The van der Waals surface area contributed by atoms with Crippen molar-refractivity contribution >= 4 is 50.5 Å². The maximum atomic E-state index is 10.4. The van der Waals surface area contributed by atoms with Crippen LogP contribution in [-0.2, 0) is 0 Å². The Morgan fingerprint density at radius 3 is 2.71 bits per heavy atom. The lowest BCUT2D eigenvalue weighted by atomic mass is 10.2. The standard InChI is InChI=1S/C19H14N6OS2/c20-10-13(17-22-14-8-4-5-9-15(14)23-17)16(26)11-27-19-25-24-18(28-19)21-12-6-2-1-3-7-12/h1-9,26H,11H2,(H,21,24)(H,22,23). The van der Waals surface area contributed by atoms with E-state index in [1.165, 1.54) is 23.1 Å². The Labute approximate surface area is 168 Å². The van der Waals surface area contributed by atoms with Crippen LogP contribution in [0.5, 0.6) is 0 Å². The molecule has 0 spiro atoms. The Morgan fingerprint density at radius 1 is 1.14 bits per heavy atom. The number of benzene rings is 2. The number of fused-ring (bicyclic) bond motifs is 1. The maximum absolute atomic E-state index is 10.4. The molecule has 0 aliphatic carbocycles. The van der Waals surface area contributed by atoms with Gasteiger partial charge >= 0.3 is 0 Å². The second kappa shape index (κ2) is 8.12. The van der Waals surface area contributed by atoms with Crippen LogP contribution in [0, 0.1) is 11.3 Å². The van der Waals surface area contributed by atoms with Gasteiger partial charge in [0, 0.05) is 5.69 Å². The molecule has 2 aromatic carbocycles. The van der Waals surface area contributed by atoms with Crippen molar-refractivity contribution in [2.24, 2.45) is 0 Å². The van der Waals surface area contributed by atoms with Gasteiger partial charge in [0.05, 0.1) is 16.8 Å². The molecule has 7 nitrogen and oxygen atoms in total. The number of hydrogen-bond donors (Lipinski definition) is 3. The molecule has 2 aromatic heterocycles. The van der Waals surface area contributed by atoms with Gasteiger partial charge in [-0.1, -0.05) is 53.4 Å². The van der Waals surface area contributed by atoms with Crippen molar-refractivity contribution in [3.8, 4) is 6.07 Å². The molecule has 0 aliphatic rings. The Bertz CT molecular complexity index is 1140. The highest BCUT2D eigenvalue weighted by atomic mass is 32.2. The number of aromatic nitrogens is 4. The van der Waals surface area contributed by atoms with E-state index in [0.29, 0.717) is 15.3 Å². The number of allylic oxidation sites excluding steroid dienone is 1. The van der Waals surface area contributed by atoms with Crippen LogP contribution in [0.3, 0.4) is 0 Å². The number of para-hydroxylation sites is 3. The van der Waals surface area contributed by atoms with Gasteiger partial charge in [-0.2, -0.15) is 5.26 Å². The predicted molar refractivity (Wildman–Crippen MR) is 112 cm³/mol. The predicted octanol–water partition coefficient (Wildman–Crippen LogP) is 4.74. The maximum Gasteiger partial charge on any atom is 0.210 e. The van der Waals surface area contributed by atoms with E-state index in [4.69, 9.17) is 0 Å². The lowest BCUT2D eigenvalue weighted by Gasteiger charge is -2.01. The van der Waals surface area contributed by atoms with Crippen LogP contribution in [-0.4, -0.2) is 31.0 Å². The van der Waals surface area contributed by atoms with Gasteiger partial charge in [-0.05, 0) is 24.3 Å². The molecule has 0 saturated carbocycles. The monoisotopic (exact) mass is 406 g/mol. The molecular weight excluding hydrogens is 392 g/mol. The summed E-state index contributed by atoms with van der Waals surface area (Å²) in [5, 5.41) is 31.9. The first-order valence-corrected chi connectivity index (χ1v) is 10.1. The number of thioether (sulfide) groups is 1. The molecule has 0 atom stereocenters. The van der Waals surface area contributed by atoms with Gasteiger partial charge < -0.3 is 15.4 Å². The summed E-state index contributed by atoms with van der Waals surface area (Å²) >= 11 is 2.69. The molecule has 138 valence electrons. The first kappa shape index (κ1) is 18.0. The topological polar surface area (TPSA) is 111 Å². The Morgan fingerprint density at radius 2 is 1.93 bits per heavy atom. The van der Waals surface area contributed by atoms with E-state index in [0.717, 1.165) is 16.7 Å². The summed E-state index contributed by atoms with van der Waals surface area (Å²) in [5.41, 5.74) is 2.60. The third-order valence-corrected chi connectivity index (χ3v) is 5.77. The molecule has 2 heterocycles. The molecule has 0 bridgehead atoms. The summed E-state index contributed by atoms with van der Waals surface area (Å²) in [4.78, 5) is 7.43. The number of imidazole rings is 1. The average Bonchev–Trinajstić information content (AvgIpc) is 3.34. The molecule has 0 unspecified atom stereocenters. The fraction of sp³-hybridized carbons (Fsp3) is 0.0526. The molecule has 0 aliphatic heterocycles. The molecule has 3 N–H and O–H groups in total. The first-order valence-electron chi connectivity index (χ1n) is 8.28. The summed E-state index contributed by atoms with van der Waals surface area (Å²) in [6.45, 7) is 0. The van der Waals surface area contributed by atoms with E-state index in [1.54, 1.807) is 0 Å². The van der Waals surface area contributed by atoms with Gasteiger partial charge in [0.1, 0.15) is 17.4 Å². The van der Waals surface area contributed by atoms with E-state index >= 15 is 0 Å². The quantitative estimate of drug-likeness (QED) is 0.241. The zero-order valence-corrected chi connectivity index (χ0v) is 16.1. The fourth-order valence-corrected chi connectivity index (χ4v) is 4.14. The van der Waals surface area contributed by atoms with Crippen LogP contribution in [0.25, 0.3) is 16.6 Å². The second-order valence-corrected chi connectivity index (χ2v) is 7.89. The summed E-state index contributed by atoms with van der Waals surface area (Å²) in [6, 6.07) is 19.2. The number of aliphatic hydroxyl groups is 1. The lowest BCUT2D eigenvalue weighted by molar-refractivity contribution is 0.420. The van der Waals surface area contributed by atoms with Gasteiger partial charge in [-0.15, -0.1) is 10.2 Å².